The first kappa shape index (κ1) is 11.4. The predicted molar refractivity (Wildman–Crippen MR) is 51.9 cm³/mol. The Kier molecular flexibility index (Phi) is 3.97. The van der Waals surface area contributed by atoms with Gasteiger partial charge in [-0.05, 0) is 18.1 Å². The van der Waals surface area contributed by atoms with Crippen LogP contribution in [0, 0.1) is 11.7 Å². The number of aliphatic carboxylic acids is 1. The van der Waals surface area contributed by atoms with Gasteiger partial charge in [-0.15, -0.1) is 0 Å². The number of aldehydes is 1. The molecule has 0 spiro atoms. The lowest BCUT2D eigenvalue weighted by molar-refractivity contribution is -0.142. The van der Waals surface area contributed by atoms with Crippen molar-refractivity contribution in [3.63, 3.8) is 0 Å². The van der Waals surface area contributed by atoms with Crippen LogP contribution in [-0.2, 0) is 16.0 Å². The summed E-state index contributed by atoms with van der Waals surface area (Å²) in [7, 11) is 0. The van der Waals surface area contributed by atoms with E-state index in [1.165, 1.54) is 18.2 Å². The lowest BCUT2D eigenvalue weighted by Gasteiger charge is -2.09. The molecule has 0 radical (unpaired) electrons. The minimum atomic E-state index is -1.08. The number of carbonyl (C=O) groups excluding carboxylic acids is 1. The molecule has 0 aliphatic carbocycles. The van der Waals surface area contributed by atoms with E-state index in [-0.39, 0.29) is 12.8 Å². The van der Waals surface area contributed by atoms with Crippen LogP contribution in [0.5, 0.6) is 0 Å². The third-order valence-electron chi connectivity index (χ3n) is 2.15. The van der Waals surface area contributed by atoms with Gasteiger partial charge in [0, 0.05) is 6.42 Å². The van der Waals surface area contributed by atoms with Crippen LogP contribution in [-0.4, -0.2) is 17.4 Å². The van der Waals surface area contributed by atoms with Crippen molar-refractivity contribution in [2.45, 2.75) is 12.8 Å². The lowest BCUT2D eigenvalue weighted by atomic mass is 9.97. The first-order valence-corrected chi connectivity index (χ1v) is 4.55. The summed E-state index contributed by atoms with van der Waals surface area (Å²) in [6, 6.07) is 5.97. The van der Waals surface area contributed by atoms with Crippen molar-refractivity contribution in [3.05, 3.63) is 35.6 Å². The Morgan fingerprint density at radius 3 is 2.67 bits per heavy atom. The average Bonchev–Trinajstić information content (AvgIpc) is 2.20. The third kappa shape index (κ3) is 3.16. The van der Waals surface area contributed by atoms with Crippen LogP contribution in [0.2, 0.25) is 0 Å². The number of hydrogen-bond acceptors (Lipinski definition) is 2. The highest BCUT2D eigenvalue weighted by atomic mass is 19.1. The fraction of sp³-hybridized carbons (Fsp3) is 0.273. The fourth-order valence-electron chi connectivity index (χ4n) is 1.32. The van der Waals surface area contributed by atoms with E-state index in [0.717, 1.165) is 0 Å². The Labute approximate surface area is 86.5 Å². The summed E-state index contributed by atoms with van der Waals surface area (Å²) < 4.78 is 13.2. The molecule has 0 bridgehead atoms. The molecule has 0 aliphatic rings. The minimum absolute atomic E-state index is 0.0424. The van der Waals surface area contributed by atoms with E-state index in [9.17, 15) is 14.0 Å². The molecule has 1 N–H and O–H groups in total. The summed E-state index contributed by atoms with van der Waals surface area (Å²) in [4.78, 5) is 21.0. The Balaban J connectivity index is 2.78. The topological polar surface area (TPSA) is 54.4 Å². The highest BCUT2D eigenvalue weighted by Crippen LogP contribution is 2.14. The van der Waals surface area contributed by atoms with E-state index in [1.807, 2.05) is 0 Å². The lowest BCUT2D eigenvalue weighted by Crippen LogP contribution is -2.17. The van der Waals surface area contributed by atoms with Gasteiger partial charge in [0.05, 0.1) is 5.92 Å². The van der Waals surface area contributed by atoms with Crippen molar-refractivity contribution < 1.29 is 19.1 Å². The van der Waals surface area contributed by atoms with Crippen LogP contribution in [0.3, 0.4) is 0 Å². The van der Waals surface area contributed by atoms with Gasteiger partial charge in [0.25, 0.3) is 0 Å². The molecule has 0 aromatic heterocycles. The zero-order valence-electron chi connectivity index (χ0n) is 8.02. The maximum absolute atomic E-state index is 13.2. The van der Waals surface area contributed by atoms with Gasteiger partial charge in [0.15, 0.2) is 0 Å². The number of halogens is 1. The Bertz CT molecular complexity index is 363. The van der Waals surface area contributed by atoms with Crippen molar-refractivity contribution in [3.8, 4) is 0 Å². The van der Waals surface area contributed by atoms with Gasteiger partial charge in [0.2, 0.25) is 0 Å². The normalized spacial score (nSPS) is 12.1. The van der Waals surface area contributed by atoms with E-state index in [1.54, 1.807) is 6.07 Å². The molecule has 3 nitrogen and oxygen atoms in total. The summed E-state index contributed by atoms with van der Waals surface area (Å²) in [5, 5.41) is 8.78. The Morgan fingerprint density at radius 2 is 2.13 bits per heavy atom. The first-order valence-electron chi connectivity index (χ1n) is 4.55. The number of rotatable bonds is 5. The molecule has 1 aromatic rings. The summed E-state index contributed by atoms with van der Waals surface area (Å²) in [5.74, 6) is -2.36. The first-order chi connectivity index (χ1) is 7.15. The van der Waals surface area contributed by atoms with Crippen molar-refractivity contribution in [1.82, 2.24) is 0 Å². The van der Waals surface area contributed by atoms with Gasteiger partial charge in [-0.3, -0.25) is 4.79 Å². The summed E-state index contributed by atoms with van der Waals surface area (Å²) in [6.45, 7) is 0. The van der Waals surface area contributed by atoms with E-state index < -0.39 is 17.7 Å². The van der Waals surface area contributed by atoms with Crippen LogP contribution in [0.4, 0.5) is 4.39 Å². The zero-order chi connectivity index (χ0) is 11.3. The predicted octanol–water partition coefficient (Wildman–Crippen LogP) is 1.66. The molecule has 1 atom stereocenters. The third-order valence-corrected chi connectivity index (χ3v) is 2.15. The van der Waals surface area contributed by atoms with Gasteiger partial charge in [-0.1, -0.05) is 18.2 Å². The van der Waals surface area contributed by atoms with Gasteiger partial charge >= 0.3 is 5.97 Å². The maximum Gasteiger partial charge on any atom is 0.307 e. The second-order valence-corrected chi connectivity index (χ2v) is 3.23. The number of carbonyl (C=O) groups is 2. The molecule has 80 valence electrons. The van der Waals surface area contributed by atoms with E-state index >= 15 is 0 Å². The molecule has 1 rings (SSSR count). The number of carboxylic acids is 1. The molecule has 0 saturated heterocycles. The van der Waals surface area contributed by atoms with Crippen molar-refractivity contribution in [2.24, 2.45) is 5.92 Å². The summed E-state index contributed by atoms with van der Waals surface area (Å²) in [5.41, 5.74) is 0.326. The molecule has 4 heteroatoms. The Morgan fingerprint density at radius 1 is 1.47 bits per heavy atom. The maximum atomic E-state index is 13.2. The van der Waals surface area contributed by atoms with Gasteiger partial charge in [0.1, 0.15) is 12.1 Å². The van der Waals surface area contributed by atoms with Crippen LogP contribution < -0.4 is 0 Å². The summed E-state index contributed by atoms with van der Waals surface area (Å²) in [6.07, 6.45) is 0.490. The summed E-state index contributed by atoms with van der Waals surface area (Å²) >= 11 is 0. The molecule has 0 heterocycles. The molecular formula is C11H11FO3. The Hall–Kier alpha value is -1.71. The highest BCUT2D eigenvalue weighted by Gasteiger charge is 2.18. The monoisotopic (exact) mass is 210 g/mol. The molecule has 0 saturated carbocycles. The van der Waals surface area contributed by atoms with Crippen LogP contribution >= 0.6 is 0 Å². The standard InChI is InChI=1S/C11H11FO3/c12-10-4-2-1-3-8(10)7-9(5-6-13)11(14)15/h1-4,6,9H,5,7H2,(H,14,15). The SMILES string of the molecule is O=CCC(Cc1ccccc1F)C(=O)O. The van der Waals surface area contributed by atoms with Crippen LogP contribution in [0.15, 0.2) is 24.3 Å². The van der Waals surface area contributed by atoms with Gasteiger partial charge in [-0.25, -0.2) is 4.39 Å². The largest absolute Gasteiger partial charge is 0.481 e. The molecular weight excluding hydrogens is 199 g/mol. The molecule has 0 fully saturated rings. The molecule has 15 heavy (non-hydrogen) atoms. The number of hydrogen-bond donors (Lipinski definition) is 1. The van der Waals surface area contributed by atoms with Crippen molar-refractivity contribution >= 4 is 12.3 Å². The van der Waals surface area contributed by atoms with E-state index in [0.29, 0.717) is 11.8 Å². The van der Waals surface area contributed by atoms with Crippen molar-refractivity contribution in [2.75, 3.05) is 0 Å². The number of benzene rings is 1. The van der Waals surface area contributed by atoms with Gasteiger partial charge < -0.3 is 9.90 Å². The second kappa shape index (κ2) is 5.24. The molecule has 0 amide bonds. The highest BCUT2D eigenvalue weighted by molar-refractivity contribution is 5.73. The van der Waals surface area contributed by atoms with Gasteiger partial charge in [-0.2, -0.15) is 0 Å². The van der Waals surface area contributed by atoms with E-state index in [4.69, 9.17) is 5.11 Å². The smallest absolute Gasteiger partial charge is 0.307 e. The molecule has 0 aliphatic heterocycles. The molecule has 1 unspecified atom stereocenters. The number of carboxylic acid groups (broad SMARTS) is 1. The minimum Gasteiger partial charge on any atom is -0.481 e. The fourth-order valence-corrected chi connectivity index (χ4v) is 1.32. The van der Waals surface area contributed by atoms with Crippen LogP contribution in [0.25, 0.3) is 0 Å². The average molecular weight is 210 g/mol. The van der Waals surface area contributed by atoms with E-state index in [2.05, 4.69) is 0 Å². The quantitative estimate of drug-likeness (QED) is 0.752. The zero-order valence-corrected chi connectivity index (χ0v) is 8.02. The van der Waals surface area contributed by atoms with Crippen LogP contribution in [0.1, 0.15) is 12.0 Å². The molecule has 1 aromatic carbocycles. The second-order valence-electron chi connectivity index (χ2n) is 3.23. The van der Waals surface area contributed by atoms with Crippen molar-refractivity contribution in [1.29, 1.82) is 0 Å².